The molecular weight excluding hydrogens is 444 g/mol. The molecule has 0 radical (unpaired) electrons. The highest BCUT2D eigenvalue weighted by atomic mass is 16.5. The molecule has 0 fully saturated rings. The first kappa shape index (κ1) is 25.5. The number of ether oxygens (including phenoxy) is 1. The van der Waals surface area contributed by atoms with Crippen LogP contribution in [0.15, 0.2) is 78.0 Å². The number of oxime groups is 1. The number of hydrogen-bond donors (Lipinski definition) is 4. The lowest BCUT2D eigenvalue weighted by atomic mass is 9.92. The predicted molar refractivity (Wildman–Crippen MR) is 135 cm³/mol. The van der Waals surface area contributed by atoms with Crippen LogP contribution in [0.25, 0.3) is 11.1 Å². The molecule has 6 N–H and O–H groups in total. The normalized spacial score (nSPS) is 13.1. The van der Waals surface area contributed by atoms with E-state index in [1.807, 2.05) is 42.5 Å². The number of nitrogens with two attached hydrogens (primary N) is 2. The van der Waals surface area contributed by atoms with Crippen LogP contribution in [-0.4, -0.2) is 36.1 Å². The van der Waals surface area contributed by atoms with Crippen LogP contribution in [0.4, 0.5) is 0 Å². The minimum atomic E-state index is -0.634. The minimum absolute atomic E-state index is 0.0268. The Labute approximate surface area is 204 Å². The van der Waals surface area contributed by atoms with Gasteiger partial charge in [0, 0.05) is 23.7 Å². The molecule has 2 atom stereocenters. The predicted octanol–water partition coefficient (Wildman–Crippen LogP) is 3.06. The summed E-state index contributed by atoms with van der Waals surface area (Å²) in [5, 5.41) is 14.9. The van der Waals surface area contributed by atoms with Crippen molar-refractivity contribution in [2.24, 2.45) is 22.5 Å². The van der Waals surface area contributed by atoms with E-state index >= 15 is 0 Å². The van der Waals surface area contributed by atoms with Gasteiger partial charge in [0.15, 0.2) is 5.84 Å². The third-order valence-corrected chi connectivity index (χ3v) is 5.90. The molecule has 0 aliphatic rings. The Bertz CT molecular complexity index is 1210. The molecule has 0 saturated heterocycles. The molecule has 0 aliphatic carbocycles. The van der Waals surface area contributed by atoms with Gasteiger partial charge in [0.05, 0.1) is 13.0 Å². The fourth-order valence-electron chi connectivity index (χ4n) is 3.87. The Morgan fingerprint density at radius 2 is 1.66 bits per heavy atom. The van der Waals surface area contributed by atoms with Crippen molar-refractivity contribution < 1.29 is 19.5 Å². The average Bonchev–Trinajstić information content (AvgIpc) is 2.90. The topological polar surface area (TPSA) is 140 Å². The SMILES string of the molecule is COC(=O)C(Cc1cccc(C(N)=NO)c1)C(C)NC(=O)c1ccc(-c2cccc(CN)c2)cc1. The van der Waals surface area contributed by atoms with Crippen molar-refractivity contribution in [2.75, 3.05) is 7.11 Å². The Morgan fingerprint density at radius 1 is 0.971 bits per heavy atom. The van der Waals surface area contributed by atoms with Crippen LogP contribution >= 0.6 is 0 Å². The van der Waals surface area contributed by atoms with Crippen LogP contribution in [0.1, 0.15) is 34.0 Å². The summed E-state index contributed by atoms with van der Waals surface area (Å²) in [5.41, 5.74) is 16.2. The molecule has 0 saturated carbocycles. The number of amides is 1. The maximum Gasteiger partial charge on any atom is 0.311 e. The lowest BCUT2D eigenvalue weighted by molar-refractivity contribution is -0.146. The second-order valence-electron chi connectivity index (χ2n) is 8.26. The molecule has 0 aliphatic heterocycles. The summed E-state index contributed by atoms with van der Waals surface area (Å²) in [6.45, 7) is 2.22. The third kappa shape index (κ3) is 6.45. The van der Waals surface area contributed by atoms with E-state index in [4.69, 9.17) is 21.4 Å². The lowest BCUT2D eigenvalue weighted by Gasteiger charge is -2.23. The molecule has 0 aromatic heterocycles. The Morgan fingerprint density at radius 3 is 2.31 bits per heavy atom. The number of esters is 1. The van der Waals surface area contributed by atoms with E-state index in [0.717, 1.165) is 22.3 Å². The number of methoxy groups -OCH3 is 1. The van der Waals surface area contributed by atoms with Gasteiger partial charge in [-0.25, -0.2) is 0 Å². The molecule has 2 unspecified atom stereocenters. The zero-order chi connectivity index (χ0) is 25.4. The molecule has 35 heavy (non-hydrogen) atoms. The fourth-order valence-corrected chi connectivity index (χ4v) is 3.87. The van der Waals surface area contributed by atoms with E-state index in [1.165, 1.54) is 7.11 Å². The molecule has 1 amide bonds. The van der Waals surface area contributed by atoms with Gasteiger partial charge < -0.3 is 26.7 Å². The second-order valence-corrected chi connectivity index (χ2v) is 8.26. The van der Waals surface area contributed by atoms with E-state index in [0.29, 0.717) is 24.1 Å². The van der Waals surface area contributed by atoms with Crippen molar-refractivity contribution in [3.05, 3.63) is 95.1 Å². The number of hydrogen-bond acceptors (Lipinski definition) is 6. The molecule has 8 nitrogen and oxygen atoms in total. The van der Waals surface area contributed by atoms with Crippen molar-refractivity contribution in [1.29, 1.82) is 0 Å². The molecule has 3 aromatic rings. The molecule has 0 heterocycles. The molecular formula is C27H30N4O4. The number of nitrogens with zero attached hydrogens (tertiary/aromatic N) is 1. The molecule has 3 rings (SSSR count). The number of rotatable bonds is 9. The first-order valence-corrected chi connectivity index (χ1v) is 11.2. The van der Waals surface area contributed by atoms with Crippen LogP contribution in [0, 0.1) is 5.92 Å². The Kier molecular flexibility index (Phi) is 8.58. The van der Waals surface area contributed by atoms with Gasteiger partial charge in [-0.05, 0) is 59.9 Å². The van der Waals surface area contributed by atoms with E-state index < -0.39 is 17.9 Å². The highest BCUT2D eigenvalue weighted by molar-refractivity contribution is 5.97. The highest BCUT2D eigenvalue weighted by Gasteiger charge is 2.28. The molecule has 3 aromatic carbocycles. The van der Waals surface area contributed by atoms with Gasteiger partial charge in [0.1, 0.15) is 0 Å². The molecule has 0 spiro atoms. The van der Waals surface area contributed by atoms with E-state index in [-0.39, 0.29) is 11.7 Å². The first-order valence-electron chi connectivity index (χ1n) is 11.2. The van der Waals surface area contributed by atoms with Crippen molar-refractivity contribution in [3.8, 4) is 11.1 Å². The summed E-state index contributed by atoms with van der Waals surface area (Å²) < 4.78 is 4.99. The van der Waals surface area contributed by atoms with Crippen LogP contribution in [-0.2, 0) is 22.5 Å². The van der Waals surface area contributed by atoms with Crippen molar-refractivity contribution in [2.45, 2.75) is 25.9 Å². The van der Waals surface area contributed by atoms with E-state index in [1.54, 1.807) is 37.3 Å². The fraction of sp³-hybridized carbons (Fsp3) is 0.222. The summed E-state index contributed by atoms with van der Waals surface area (Å²) in [4.78, 5) is 25.4. The average molecular weight is 475 g/mol. The van der Waals surface area contributed by atoms with E-state index in [2.05, 4.69) is 10.5 Å². The van der Waals surface area contributed by atoms with Crippen LogP contribution in [0.3, 0.4) is 0 Å². The van der Waals surface area contributed by atoms with Gasteiger partial charge in [-0.2, -0.15) is 0 Å². The van der Waals surface area contributed by atoms with E-state index in [9.17, 15) is 9.59 Å². The van der Waals surface area contributed by atoms with Crippen LogP contribution in [0.2, 0.25) is 0 Å². The number of carbonyl (C=O) groups is 2. The number of nitrogens with one attached hydrogen (secondary N) is 1. The third-order valence-electron chi connectivity index (χ3n) is 5.90. The number of benzene rings is 3. The standard InChI is InChI=1S/C27H30N4O4/c1-17(24(27(33)35-2)15-18-5-3-8-23(13-18)25(29)31-34)30-26(32)21-11-9-20(10-12-21)22-7-4-6-19(14-22)16-28/h3-14,17,24,34H,15-16,28H2,1-2H3,(H2,29,31)(H,30,32). The Balaban J connectivity index is 1.73. The summed E-state index contributed by atoms with van der Waals surface area (Å²) in [7, 11) is 1.31. The monoisotopic (exact) mass is 474 g/mol. The van der Waals surface area contributed by atoms with Crippen molar-refractivity contribution in [3.63, 3.8) is 0 Å². The zero-order valence-corrected chi connectivity index (χ0v) is 19.8. The van der Waals surface area contributed by atoms with Gasteiger partial charge in [-0.3, -0.25) is 9.59 Å². The summed E-state index contributed by atoms with van der Waals surface area (Å²) in [6, 6.07) is 21.7. The second kappa shape index (κ2) is 11.8. The quantitative estimate of drug-likeness (QED) is 0.124. The number of carbonyl (C=O) groups excluding carboxylic acids is 2. The molecule has 8 heteroatoms. The summed E-state index contributed by atoms with van der Waals surface area (Å²) in [5.74, 6) is -1.40. The van der Waals surface area contributed by atoms with Gasteiger partial charge >= 0.3 is 5.97 Å². The summed E-state index contributed by atoms with van der Waals surface area (Å²) >= 11 is 0. The number of amidine groups is 1. The van der Waals surface area contributed by atoms with Gasteiger partial charge in [0.2, 0.25) is 0 Å². The van der Waals surface area contributed by atoms with Gasteiger partial charge in [-0.15, -0.1) is 0 Å². The lowest BCUT2D eigenvalue weighted by Crippen LogP contribution is -2.42. The van der Waals surface area contributed by atoms with Crippen LogP contribution < -0.4 is 16.8 Å². The first-order chi connectivity index (χ1) is 16.9. The van der Waals surface area contributed by atoms with Crippen molar-refractivity contribution in [1.82, 2.24) is 5.32 Å². The maximum absolute atomic E-state index is 12.9. The van der Waals surface area contributed by atoms with Gasteiger partial charge in [0.25, 0.3) is 5.91 Å². The largest absolute Gasteiger partial charge is 0.469 e. The maximum atomic E-state index is 12.9. The Hall–Kier alpha value is -4.17. The van der Waals surface area contributed by atoms with Gasteiger partial charge in [-0.1, -0.05) is 53.7 Å². The highest BCUT2D eigenvalue weighted by Crippen LogP contribution is 2.22. The van der Waals surface area contributed by atoms with Crippen LogP contribution in [0.5, 0.6) is 0 Å². The molecule has 182 valence electrons. The minimum Gasteiger partial charge on any atom is -0.469 e. The summed E-state index contributed by atoms with van der Waals surface area (Å²) in [6.07, 6.45) is 0.303. The molecule has 0 bridgehead atoms. The smallest absolute Gasteiger partial charge is 0.311 e. The zero-order valence-electron chi connectivity index (χ0n) is 19.8. The van der Waals surface area contributed by atoms with Crippen molar-refractivity contribution >= 4 is 17.7 Å².